The van der Waals surface area contributed by atoms with Gasteiger partial charge in [-0.15, -0.1) is 0 Å². The van der Waals surface area contributed by atoms with E-state index in [0.29, 0.717) is 0 Å². The first-order chi connectivity index (χ1) is 25.8. The quantitative estimate of drug-likeness (QED) is 0.172. The smallest absolute Gasteiger partial charge is 0.0547 e. The first kappa shape index (κ1) is 30.0. The van der Waals surface area contributed by atoms with E-state index in [1.807, 2.05) is 0 Å². The Morgan fingerprint density at radius 1 is 0.327 bits per heavy atom. The topological polar surface area (TPSA) is 8.17 Å². The van der Waals surface area contributed by atoms with Crippen molar-refractivity contribution >= 4 is 60.4 Å². The summed E-state index contributed by atoms with van der Waals surface area (Å²) in [4.78, 5) is 2.40. The van der Waals surface area contributed by atoms with E-state index < -0.39 is 0 Å². The van der Waals surface area contributed by atoms with E-state index >= 15 is 0 Å². The third kappa shape index (κ3) is 5.04. The lowest BCUT2D eigenvalue weighted by Gasteiger charge is -2.26. The highest BCUT2D eigenvalue weighted by Crippen LogP contribution is 2.43. The molecule has 0 spiro atoms. The molecule has 0 aliphatic rings. The van der Waals surface area contributed by atoms with E-state index in [1.54, 1.807) is 0 Å². The van der Waals surface area contributed by atoms with Crippen LogP contribution in [-0.4, -0.2) is 4.57 Å². The van der Waals surface area contributed by atoms with Crippen LogP contribution in [0.15, 0.2) is 206 Å². The molecule has 2 nitrogen and oxygen atoms in total. The number of hydrogen-bond acceptors (Lipinski definition) is 1. The molecule has 2 heteroatoms. The van der Waals surface area contributed by atoms with Crippen LogP contribution in [0.5, 0.6) is 0 Å². The van der Waals surface area contributed by atoms with Crippen molar-refractivity contribution in [3.8, 4) is 27.9 Å². The van der Waals surface area contributed by atoms with E-state index in [4.69, 9.17) is 0 Å². The molecule has 9 aromatic carbocycles. The Balaban J connectivity index is 1.21. The summed E-state index contributed by atoms with van der Waals surface area (Å²) in [6.45, 7) is 0. The Morgan fingerprint density at radius 2 is 0.904 bits per heavy atom. The molecule has 0 aliphatic heterocycles. The summed E-state index contributed by atoms with van der Waals surface area (Å²) < 4.78 is 2.40. The van der Waals surface area contributed by atoms with Gasteiger partial charge in [0.2, 0.25) is 0 Å². The normalized spacial score (nSPS) is 11.5. The SMILES string of the molecule is c1ccc(-c2ccc(N(c3cccc(-c4cccc5ccccc45)c3)c3ccc4c(c3)c3c5ccccc5ccc3n4-c3ccccc3)cc2)cc1. The molecule has 0 atom stereocenters. The summed E-state index contributed by atoms with van der Waals surface area (Å²) in [5.41, 5.74) is 11.7. The number of para-hydroxylation sites is 1. The standard InChI is InChI=1S/C50H34N2/c1-3-13-35(14-4-1)36-25-28-41(29-26-36)51(42-21-11-18-39(33-42)45-24-12-17-37-15-7-9-22-44(37)45)43-30-32-48-47(34-43)50-46-23-10-8-16-38(46)27-31-49(50)52(48)40-19-5-2-6-20-40/h1-34H. The number of rotatable bonds is 6. The fourth-order valence-electron chi connectivity index (χ4n) is 7.94. The summed E-state index contributed by atoms with van der Waals surface area (Å²) in [5, 5.41) is 7.48. The second kappa shape index (κ2) is 12.5. The van der Waals surface area contributed by atoms with Gasteiger partial charge in [-0.05, 0) is 104 Å². The van der Waals surface area contributed by atoms with Crippen LogP contribution in [0.25, 0.3) is 71.3 Å². The van der Waals surface area contributed by atoms with Crippen LogP contribution < -0.4 is 4.90 Å². The molecule has 0 bridgehead atoms. The summed E-state index contributed by atoms with van der Waals surface area (Å²) in [5.74, 6) is 0. The van der Waals surface area contributed by atoms with Gasteiger partial charge >= 0.3 is 0 Å². The zero-order valence-electron chi connectivity index (χ0n) is 28.5. The van der Waals surface area contributed by atoms with Gasteiger partial charge in [-0.2, -0.15) is 0 Å². The molecule has 0 aliphatic carbocycles. The molecule has 0 saturated carbocycles. The lowest BCUT2D eigenvalue weighted by atomic mass is 9.97. The van der Waals surface area contributed by atoms with E-state index in [2.05, 4.69) is 216 Å². The van der Waals surface area contributed by atoms with E-state index in [9.17, 15) is 0 Å². The molecule has 10 rings (SSSR count). The van der Waals surface area contributed by atoms with Gasteiger partial charge in [0, 0.05) is 33.5 Å². The molecule has 0 saturated heterocycles. The Morgan fingerprint density at radius 3 is 1.71 bits per heavy atom. The molecule has 10 aromatic rings. The maximum absolute atomic E-state index is 2.40. The molecule has 1 heterocycles. The third-order valence-electron chi connectivity index (χ3n) is 10.3. The molecule has 0 fully saturated rings. The van der Waals surface area contributed by atoms with Crippen LogP contribution >= 0.6 is 0 Å². The first-order valence-corrected chi connectivity index (χ1v) is 17.9. The van der Waals surface area contributed by atoms with Crippen molar-refractivity contribution in [1.29, 1.82) is 0 Å². The number of benzene rings is 9. The monoisotopic (exact) mass is 662 g/mol. The highest BCUT2D eigenvalue weighted by molar-refractivity contribution is 6.22. The minimum absolute atomic E-state index is 1.10. The number of fused-ring (bicyclic) bond motifs is 6. The number of anilines is 3. The highest BCUT2D eigenvalue weighted by Gasteiger charge is 2.19. The van der Waals surface area contributed by atoms with Gasteiger partial charge < -0.3 is 9.47 Å². The van der Waals surface area contributed by atoms with Crippen LogP contribution in [0.1, 0.15) is 0 Å². The molecule has 52 heavy (non-hydrogen) atoms. The van der Waals surface area contributed by atoms with E-state index in [0.717, 1.165) is 22.7 Å². The lowest BCUT2D eigenvalue weighted by molar-refractivity contribution is 1.18. The van der Waals surface area contributed by atoms with Gasteiger partial charge in [0.05, 0.1) is 11.0 Å². The van der Waals surface area contributed by atoms with Crippen LogP contribution in [0, 0.1) is 0 Å². The third-order valence-corrected chi connectivity index (χ3v) is 10.3. The predicted octanol–water partition coefficient (Wildman–Crippen LogP) is 13.9. The minimum atomic E-state index is 1.10. The summed E-state index contributed by atoms with van der Waals surface area (Å²) in [6.07, 6.45) is 0. The van der Waals surface area contributed by atoms with Gasteiger partial charge in [0.25, 0.3) is 0 Å². The van der Waals surface area contributed by atoms with Crippen LogP contribution in [0.3, 0.4) is 0 Å². The largest absolute Gasteiger partial charge is 0.310 e. The predicted molar refractivity (Wildman–Crippen MR) is 221 cm³/mol. The Labute approximate surface area is 303 Å². The zero-order chi connectivity index (χ0) is 34.4. The van der Waals surface area contributed by atoms with Crippen LogP contribution in [0.4, 0.5) is 17.1 Å². The second-order valence-electron chi connectivity index (χ2n) is 13.4. The maximum Gasteiger partial charge on any atom is 0.0547 e. The average molecular weight is 663 g/mol. The molecule has 0 amide bonds. The maximum atomic E-state index is 2.40. The fraction of sp³-hybridized carbons (Fsp3) is 0. The molecule has 0 N–H and O–H groups in total. The Bertz CT molecular complexity index is 2880. The Kier molecular flexibility index (Phi) is 7.18. The van der Waals surface area contributed by atoms with Crippen molar-refractivity contribution in [2.45, 2.75) is 0 Å². The lowest BCUT2D eigenvalue weighted by Crippen LogP contribution is -2.10. The summed E-state index contributed by atoms with van der Waals surface area (Å²) in [7, 11) is 0. The van der Waals surface area contributed by atoms with E-state index in [1.165, 1.54) is 65.6 Å². The van der Waals surface area contributed by atoms with Crippen molar-refractivity contribution in [2.75, 3.05) is 4.90 Å². The van der Waals surface area contributed by atoms with Crippen molar-refractivity contribution < 1.29 is 0 Å². The van der Waals surface area contributed by atoms with E-state index in [-0.39, 0.29) is 0 Å². The van der Waals surface area contributed by atoms with Crippen molar-refractivity contribution in [1.82, 2.24) is 4.57 Å². The molecule has 244 valence electrons. The van der Waals surface area contributed by atoms with Crippen molar-refractivity contribution in [3.63, 3.8) is 0 Å². The Hall–Kier alpha value is -6.90. The van der Waals surface area contributed by atoms with Gasteiger partial charge in [0.15, 0.2) is 0 Å². The molecular weight excluding hydrogens is 629 g/mol. The van der Waals surface area contributed by atoms with Crippen LogP contribution in [0.2, 0.25) is 0 Å². The van der Waals surface area contributed by atoms with Gasteiger partial charge in [-0.25, -0.2) is 0 Å². The molecule has 0 unspecified atom stereocenters. The minimum Gasteiger partial charge on any atom is -0.310 e. The van der Waals surface area contributed by atoms with Crippen LogP contribution in [-0.2, 0) is 0 Å². The molecular formula is C50H34N2. The fourth-order valence-corrected chi connectivity index (χ4v) is 7.94. The second-order valence-corrected chi connectivity index (χ2v) is 13.4. The van der Waals surface area contributed by atoms with Crippen molar-refractivity contribution in [3.05, 3.63) is 206 Å². The van der Waals surface area contributed by atoms with Gasteiger partial charge in [-0.3, -0.25) is 0 Å². The highest BCUT2D eigenvalue weighted by atomic mass is 15.1. The summed E-state index contributed by atoms with van der Waals surface area (Å²) >= 11 is 0. The average Bonchev–Trinajstić information content (AvgIpc) is 3.56. The zero-order valence-corrected chi connectivity index (χ0v) is 28.5. The van der Waals surface area contributed by atoms with Gasteiger partial charge in [0.1, 0.15) is 0 Å². The number of nitrogens with zero attached hydrogens (tertiary/aromatic N) is 2. The van der Waals surface area contributed by atoms with Crippen molar-refractivity contribution in [2.24, 2.45) is 0 Å². The molecule has 0 radical (unpaired) electrons. The summed E-state index contributed by atoms with van der Waals surface area (Å²) in [6, 6.07) is 74.7. The van der Waals surface area contributed by atoms with Gasteiger partial charge in [-0.1, -0.05) is 146 Å². The first-order valence-electron chi connectivity index (χ1n) is 17.9. The number of hydrogen-bond donors (Lipinski definition) is 0. The molecule has 1 aromatic heterocycles. The number of aromatic nitrogens is 1.